The van der Waals surface area contributed by atoms with E-state index in [1.165, 1.54) is 0 Å². The summed E-state index contributed by atoms with van der Waals surface area (Å²) in [6.07, 6.45) is 0. The number of hydrogen-bond donors (Lipinski definition) is 0. The summed E-state index contributed by atoms with van der Waals surface area (Å²) < 4.78 is 0. The molecule has 0 amide bonds. The molecule has 0 saturated heterocycles. The second-order valence-electron chi connectivity index (χ2n) is 0. The SMILES string of the molecule is C#N.C#N.[Au].[KH].[KH].[KH].[KH]. The van der Waals surface area contributed by atoms with E-state index in [0.29, 0.717) is 0 Å². The third kappa shape index (κ3) is 54.7. The Hall–Kier alpha value is 6.27. The van der Waals surface area contributed by atoms with Crippen molar-refractivity contribution in [1.29, 1.82) is 10.5 Å². The minimum atomic E-state index is 0. The predicted octanol–water partition coefficient (Wildman–Crippen LogP) is -2.32. The molecule has 0 spiro atoms. The Morgan fingerprint density at radius 2 is 0.556 bits per heavy atom. The summed E-state index contributed by atoms with van der Waals surface area (Å²) >= 11 is 0. The molecule has 7 heteroatoms. The van der Waals surface area contributed by atoms with E-state index in [9.17, 15) is 0 Å². The van der Waals surface area contributed by atoms with Gasteiger partial charge in [0, 0.05) is 35.5 Å². The quantitative estimate of drug-likeness (QED) is 0.421. The molecule has 0 aliphatic heterocycles. The zero-order valence-corrected chi connectivity index (χ0v) is 4.52. The molecular weight excluding hydrogens is 405 g/mol. The molecule has 39 valence electrons. The number of nitriles is 2. The van der Waals surface area contributed by atoms with Crippen LogP contribution in [0.25, 0.3) is 0 Å². The fourth-order valence-corrected chi connectivity index (χ4v) is 0. The number of hydrogen-bond acceptors (Lipinski definition) is 2. The van der Waals surface area contributed by atoms with Crippen molar-refractivity contribution >= 4 is 206 Å². The molecule has 0 aliphatic rings. The Kier molecular flexibility index (Phi) is 323. The van der Waals surface area contributed by atoms with Gasteiger partial charge in [-0.2, -0.15) is 0 Å². The third-order valence-corrected chi connectivity index (χ3v) is 0. The van der Waals surface area contributed by atoms with E-state index in [4.69, 9.17) is 10.5 Å². The first kappa shape index (κ1) is 45.5. The average Bonchev–Trinajstić information content (AvgIpc) is 1.50. The Balaban J connectivity index is -0.00000000114. The first-order valence-corrected chi connectivity index (χ1v) is 0.516. The van der Waals surface area contributed by atoms with Gasteiger partial charge in [-0.3, -0.25) is 0 Å². The molecule has 9 heavy (non-hydrogen) atoms. The van der Waals surface area contributed by atoms with Crippen LogP contribution in [0.2, 0.25) is 0 Å². The standard InChI is InChI=1S/2CHN.Au.4K.4H/c2*1-2;;;;;;;;;/h2*1H;;;;;;;;;. The zero-order chi connectivity index (χ0) is 4.00. The molecule has 0 fully saturated rings. The van der Waals surface area contributed by atoms with Gasteiger partial charge in [0.15, 0.2) is 0 Å². The van der Waals surface area contributed by atoms with E-state index in [2.05, 4.69) is 13.1 Å². The molecule has 0 bridgehead atoms. The summed E-state index contributed by atoms with van der Waals surface area (Å²) in [4.78, 5) is 0. The fourth-order valence-electron chi connectivity index (χ4n) is 0. The molecule has 0 saturated carbocycles. The predicted molar refractivity (Wildman–Crippen MR) is 41.9 cm³/mol. The topological polar surface area (TPSA) is 47.6 Å². The van der Waals surface area contributed by atoms with Crippen LogP contribution in [0.3, 0.4) is 0 Å². The molecule has 1 radical (unpaired) electrons. The Morgan fingerprint density at radius 3 is 0.556 bits per heavy atom. The summed E-state index contributed by atoms with van der Waals surface area (Å²) in [6.45, 7) is 7.00. The summed E-state index contributed by atoms with van der Waals surface area (Å²) in [5.74, 6) is 0. The van der Waals surface area contributed by atoms with Crippen LogP contribution in [-0.2, 0) is 22.4 Å². The Morgan fingerprint density at radius 1 is 0.556 bits per heavy atom. The second kappa shape index (κ2) is 63.9. The van der Waals surface area contributed by atoms with Crippen LogP contribution in [-0.4, -0.2) is 206 Å². The molecule has 0 N–H and O–H groups in total. The Labute approximate surface area is 242 Å². The summed E-state index contributed by atoms with van der Waals surface area (Å²) in [5.41, 5.74) is 0. The van der Waals surface area contributed by atoms with Crippen LogP contribution in [0, 0.1) is 23.7 Å². The van der Waals surface area contributed by atoms with E-state index >= 15 is 0 Å². The van der Waals surface area contributed by atoms with Gasteiger partial charge in [0.25, 0.3) is 0 Å². The van der Waals surface area contributed by atoms with Crippen LogP contribution in [0.1, 0.15) is 0 Å². The molecule has 0 aromatic rings. The second-order valence-corrected chi connectivity index (χ2v) is 0. The van der Waals surface area contributed by atoms with Crippen molar-refractivity contribution in [3.8, 4) is 13.1 Å². The van der Waals surface area contributed by atoms with Gasteiger partial charge < -0.3 is 0 Å². The van der Waals surface area contributed by atoms with E-state index in [0.717, 1.165) is 0 Å². The zero-order valence-electron chi connectivity index (χ0n) is 2.35. The van der Waals surface area contributed by atoms with Gasteiger partial charge in [-0.1, -0.05) is 0 Å². The van der Waals surface area contributed by atoms with Crippen molar-refractivity contribution in [1.82, 2.24) is 0 Å². The molecule has 0 heterocycles. The van der Waals surface area contributed by atoms with Crippen molar-refractivity contribution in [3.05, 3.63) is 0 Å². The average molecular weight is 411 g/mol. The van der Waals surface area contributed by atoms with Gasteiger partial charge in [-0.05, 0) is 0 Å². The van der Waals surface area contributed by atoms with Gasteiger partial charge in [-0.15, -0.1) is 0 Å². The molecule has 2 nitrogen and oxygen atoms in total. The van der Waals surface area contributed by atoms with Crippen molar-refractivity contribution < 1.29 is 22.4 Å². The molecule has 0 unspecified atom stereocenters. The van der Waals surface area contributed by atoms with Crippen molar-refractivity contribution in [3.63, 3.8) is 0 Å². The van der Waals surface area contributed by atoms with Gasteiger partial charge in [0.2, 0.25) is 0 Å². The molecular formula is C2H6AuK4N2. The molecule has 0 aliphatic carbocycles. The van der Waals surface area contributed by atoms with Crippen LogP contribution >= 0.6 is 0 Å². The van der Waals surface area contributed by atoms with Crippen molar-refractivity contribution in [2.24, 2.45) is 0 Å². The summed E-state index contributed by atoms with van der Waals surface area (Å²) in [5, 5.41) is 13.0. The van der Waals surface area contributed by atoms with Crippen LogP contribution in [0.5, 0.6) is 0 Å². The first-order chi connectivity index (χ1) is 2.00. The van der Waals surface area contributed by atoms with Crippen LogP contribution in [0.15, 0.2) is 0 Å². The van der Waals surface area contributed by atoms with Gasteiger partial charge in [0.1, 0.15) is 0 Å². The van der Waals surface area contributed by atoms with Crippen LogP contribution < -0.4 is 0 Å². The normalized spacial score (nSPS) is 0.444. The molecule has 0 rings (SSSR count). The third-order valence-electron chi connectivity index (χ3n) is 0. The van der Waals surface area contributed by atoms with Gasteiger partial charge in [0.05, 0.1) is 0 Å². The maximum absolute atomic E-state index is 6.50. The van der Waals surface area contributed by atoms with E-state index < -0.39 is 0 Å². The Bertz CT molecular complexity index is 32.0. The molecule has 0 aromatic carbocycles. The molecule has 0 atom stereocenters. The summed E-state index contributed by atoms with van der Waals surface area (Å²) in [6, 6.07) is 0. The van der Waals surface area contributed by atoms with Gasteiger partial charge in [-0.25, -0.2) is 10.5 Å². The van der Waals surface area contributed by atoms with E-state index in [1.54, 1.807) is 0 Å². The monoisotopic (exact) mass is 411 g/mol. The fraction of sp³-hybridized carbons (Fsp3) is 0. The number of nitrogens with zero attached hydrogens (tertiary/aromatic N) is 2. The minimum absolute atomic E-state index is 0. The summed E-state index contributed by atoms with van der Waals surface area (Å²) in [7, 11) is 0. The van der Waals surface area contributed by atoms with Crippen LogP contribution in [0.4, 0.5) is 0 Å². The first-order valence-electron chi connectivity index (χ1n) is 0.516. The van der Waals surface area contributed by atoms with E-state index in [1.807, 2.05) is 0 Å². The number of rotatable bonds is 0. The van der Waals surface area contributed by atoms with E-state index in [-0.39, 0.29) is 228 Å². The van der Waals surface area contributed by atoms with Crippen molar-refractivity contribution in [2.45, 2.75) is 0 Å². The van der Waals surface area contributed by atoms with Crippen molar-refractivity contribution in [2.75, 3.05) is 0 Å². The van der Waals surface area contributed by atoms with Gasteiger partial charge >= 0.3 is 206 Å². The molecule has 0 aromatic heterocycles. The maximum atomic E-state index is 6.50.